The number of anilines is 1. The van der Waals surface area contributed by atoms with E-state index in [1.54, 1.807) is 18.2 Å². The molecule has 246 valence electrons. The van der Waals surface area contributed by atoms with Gasteiger partial charge in [0, 0.05) is 24.6 Å². The monoisotopic (exact) mass is 701 g/mol. The van der Waals surface area contributed by atoms with E-state index in [0.717, 1.165) is 16.1 Å². The minimum Gasteiger partial charge on any atom is -0.374 e. The first-order valence-corrected chi connectivity index (χ1v) is 17.3. The molecule has 0 aliphatic rings. The van der Waals surface area contributed by atoms with E-state index in [2.05, 4.69) is 9.97 Å². The maximum absolute atomic E-state index is 13.8. The molecule has 0 bridgehead atoms. The summed E-state index contributed by atoms with van der Waals surface area (Å²) in [6.07, 6.45) is 3.54. The van der Waals surface area contributed by atoms with Crippen LogP contribution in [0.3, 0.4) is 0 Å². The highest BCUT2D eigenvalue weighted by atomic mass is 35.6. The van der Waals surface area contributed by atoms with Gasteiger partial charge >= 0.3 is 0 Å². The lowest BCUT2D eigenvalue weighted by Gasteiger charge is -2.26. The molecule has 0 saturated carbocycles. The highest BCUT2D eigenvalue weighted by Crippen LogP contribution is 2.32. The number of sulfonamides is 1. The standard InChI is InChI=1S/C32H39Cl3FN3O5S/c1-21(2)29-27(30(25-13-15-26(36)16-14-25)38-31(37-29)39(5)45(6,40)41)17-12-22(3)44-28(43-20-32(33,34)35)18-23(4)42-19-24-10-8-7-9-11-24/h7-17,21-23,28H,18-20H2,1-6H3/b17-12+/t22-,23+,28?/m0/s1. The van der Waals surface area contributed by atoms with E-state index in [-0.39, 0.29) is 24.6 Å². The summed E-state index contributed by atoms with van der Waals surface area (Å²) < 4.78 is 55.9. The van der Waals surface area contributed by atoms with E-state index in [1.807, 2.05) is 64.1 Å². The number of halogens is 4. The molecule has 0 fully saturated rings. The molecule has 8 nitrogen and oxygen atoms in total. The summed E-state index contributed by atoms with van der Waals surface area (Å²) in [5.41, 5.74) is 3.30. The normalized spacial score (nSPS) is 14.6. The van der Waals surface area contributed by atoms with Crippen LogP contribution < -0.4 is 4.31 Å². The molecule has 2 aromatic carbocycles. The summed E-state index contributed by atoms with van der Waals surface area (Å²) in [5, 5.41) is 0. The zero-order chi connectivity index (χ0) is 33.4. The van der Waals surface area contributed by atoms with Crippen LogP contribution in [0.25, 0.3) is 17.3 Å². The van der Waals surface area contributed by atoms with Gasteiger partial charge in [0.2, 0.25) is 19.8 Å². The van der Waals surface area contributed by atoms with Crippen molar-refractivity contribution in [1.82, 2.24) is 9.97 Å². The number of nitrogens with zero attached hydrogens (tertiary/aromatic N) is 3. The molecular weight excluding hydrogens is 664 g/mol. The molecule has 0 N–H and O–H groups in total. The summed E-state index contributed by atoms with van der Waals surface area (Å²) in [5.74, 6) is -0.517. The molecular formula is C32H39Cl3FN3O5S. The minimum atomic E-state index is -3.64. The molecule has 0 radical (unpaired) electrons. The second-order valence-electron chi connectivity index (χ2n) is 11.0. The molecule has 0 amide bonds. The molecule has 0 spiro atoms. The first kappa shape index (κ1) is 37.2. The summed E-state index contributed by atoms with van der Waals surface area (Å²) in [4.78, 5) is 9.20. The maximum Gasteiger partial charge on any atom is 0.239 e. The fourth-order valence-corrected chi connectivity index (χ4v) is 4.78. The van der Waals surface area contributed by atoms with Crippen molar-refractivity contribution in [2.24, 2.45) is 0 Å². The number of alkyl halides is 3. The fraction of sp³-hybridized carbons (Fsp3) is 0.438. The van der Waals surface area contributed by atoms with E-state index in [1.165, 1.54) is 19.2 Å². The summed E-state index contributed by atoms with van der Waals surface area (Å²) in [6, 6.07) is 15.6. The number of aromatic nitrogens is 2. The van der Waals surface area contributed by atoms with Crippen LogP contribution in [-0.4, -0.2) is 60.6 Å². The zero-order valence-electron chi connectivity index (χ0n) is 26.1. The molecule has 1 aromatic heterocycles. The third-order valence-corrected chi connectivity index (χ3v) is 8.13. The van der Waals surface area contributed by atoms with E-state index in [9.17, 15) is 12.8 Å². The third kappa shape index (κ3) is 12.1. The first-order chi connectivity index (χ1) is 21.0. The SMILES string of the molecule is CC(C)c1nc(N(C)S(C)(=O)=O)nc(-c2ccc(F)cc2)c1/C=C/[C@H](C)OC(C[C@@H](C)OCc1ccccc1)OCC(Cl)(Cl)Cl. The van der Waals surface area contributed by atoms with Crippen molar-refractivity contribution in [3.05, 3.63) is 83.3 Å². The van der Waals surface area contributed by atoms with Crippen molar-refractivity contribution in [3.63, 3.8) is 0 Å². The topological polar surface area (TPSA) is 90.9 Å². The number of benzene rings is 2. The number of rotatable bonds is 15. The molecule has 1 heterocycles. The lowest BCUT2D eigenvalue weighted by atomic mass is 9.98. The average Bonchev–Trinajstić information content (AvgIpc) is 2.97. The van der Waals surface area contributed by atoms with Gasteiger partial charge in [0.15, 0.2) is 6.29 Å². The quantitative estimate of drug-likeness (QED) is 0.117. The van der Waals surface area contributed by atoms with E-state index < -0.39 is 32.0 Å². The Labute approximate surface area is 280 Å². The molecule has 3 aromatic rings. The highest BCUT2D eigenvalue weighted by Gasteiger charge is 2.26. The van der Waals surface area contributed by atoms with Gasteiger partial charge < -0.3 is 14.2 Å². The Morgan fingerprint density at radius 1 is 0.978 bits per heavy atom. The molecule has 0 saturated heterocycles. The van der Waals surface area contributed by atoms with Crippen molar-refractivity contribution in [1.29, 1.82) is 0 Å². The maximum atomic E-state index is 13.8. The molecule has 1 unspecified atom stereocenters. The Bertz CT molecular complexity index is 1520. The predicted molar refractivity (Wildman–Crippen MR) is 180 cm³/mol. The van der Waals surface area contributed by atoms with E-state index in [0.29, 0.717) is 35.5 Å². The Morgan fingerprint density at radius 3 is 2.20 bits per heavy atom. The van der Waals surface area contributed by atoms with Crippen molar-refractivity contribution >= 4 is 56.9 Å². The highest BCUT2D eigenvalue weighted by molar-refractivity contribution is 7.92. The van der Waals surface area contributed by atoms with E-state index in [4.69, 9.17) is 49.0 Å². The van der Waals surface area contributed by atoms with Crippen LogP contribution in [-0.2, 0) is 30.8 Å². The third-order valence-electron chi connectivity index (χ3n) is 6.64. The van der Waals surface area contributed by atoms with Gasteiger partial charge in [-0.15, -0.1) is 0 Å². The second kappa shape index (κ2) is 16.5. The largest absolute Gasteiger partial charge is 0.374 e. The van der Waals surface area contributed by atoms with Crippen LogP contribution in [0.4, 0.5) is 10.3 Å². The molecule has 0 aliphatic heterocycles. The van der Waals surface area contributed by atoms with Crippen LogP contribution in [0.2, 0.25) is 0 Å². The summed E-state index contributed by atoms with van der Waals surface area (Å²) in [6.45, 7) is 7.85. The lowest BCUT2D eigenvalue weighted by molar-refractivity contribution is -0.173. The van der Waals surface area contributed by atoms with Gasteiger partial charge in [0.05, 0.1) is 43.1 Å². The lowest BCUT2D eigenvalue weighted by Crippen LogP contribution is -2.30. The van der Waals surface area contributed by atoms with Crippen LogP contribution >= 0.6 is 34.8 Å². The second-order valence-corrected chi connectivity index (χ2v) is 15.5. The molecule has 13 heteroatoms. The van der Waals surface area contributed by atoms with Gasteiger partial charge in [-0.2, -0.15) is 0 Å². The van der Waals surface area contributed by atoms with Gasteiger partial charge in [0.25, 0.3) is 0 Å². The Hall–Kier alpha value is -2.31. The number of hydrogen-bond acceptors (Lipinski definition) is 7. The van der Waals surface area contributed by atoms with Gasteiger partial charge in [-0.1, -0.05) is 91.1 Å². The molecule has 0 aliphatic carbocycles. The Kier molecular flexibility index (Phi) is 13.6. The van der Waals surface area contributed by atoms with Crippen molar-refractivity contribution in [2.75, 3.05) is 24.2 Å². The van der Waals surface area contributed by atoms with Gasteiger partial charge in [-0.3, -0.25) is 0 Å². The van der Waals surface area contributed by atoms with Crippen molar-refractivity contribution < 1.29 is 27.0 Å². The molecule has 3 atom stereocenters. The fourth-order valence-electron chi connectivity index (χ4n) is 4.21. The first-order valence-electron chi connectivity index (χ1n) is 14.3. The Morgan fingerprint density at radius 2 is 1.62 bits per heavy atom. The van der Waals surface area contributed by atoms with Gasteiger partial charge in [0.1, 0.15) is 5.82 Å². The van der Waals surface area contributed by atoms with E-state index >= 15 is 0 Å². The average molecular weight is 703 g/mol. The summed E-state index contributed by atoms with van der Waals surface area (Å²) >= 11 is 17.9. The minimum absolute atomic E-state index is 0.00614. The van der Waals surface area contributed by atoms with Crippen LogP contribution in [0.15, 0.2) is 60.7 Å². The molecule has 3 rings (SSSR count). The van der Waals surface area contributed by atoms with Crippen LogP contribution in [0.1, 0.15) is 56.9 Å². The smallest absolute Gasteiger partial charge is 0.239 e. The summed E-state index contributed by atoms with van der Waals surface area (Å²) in [7, 11) is -2.26. The molecule has 45 heavy (non-hydrogen) atoms. The predicted octanol–water partition coefficient (Wildman–Crippen LogP) is 7.93. The van der Waals surface area contributed by atoms with Crippen molar-refractivity contribution in [2.45, 2.75) is 68.9 Å². The zero-order valence-corrected chi connectivity index (χ0v) is 29.2. The van der Waals surface area contributed by atoms with Crippen molar-refractivity contribution in [3.8, 4) is 11.3 Å². The van der Waals surface area contributed by atoms with Gasteiger partial charge in [-0.25, -0.2) is 27.1 Å². The Balaban J connectivity index is 1.90. The van der Waals surface area contributed by atoms with Gasteiger partial charge in [-0.05, 0) is 49.6 Å². The van der Waals surface area contributed by atoms with Crippen LogP contribution in [0, 0.1) is 5.82 Å². The van der Waals surface area contributed by atoms with Crippen LogP contribution in [0.5, 0.6) is 0 Å². The number of ether oxygens (including phenoxy) is 3. The number of hydrogen-bond donors (Lipinski definition) is 0.